The van der Waals surface area contributed by atoms with Gasteiger partial charge < -0.3 is 11.1 Å². The van der Waals surface area contributed by atoms with Crippen LogP contribution in [0.5, 0.6) is 0 Å². The van der Waals surface area contributed by atoms with Gasteiger partial charge in [-0.05, 0) is 59.6 Å². The van der Waals surface area contributed by atoms with Gasteiger partial charge in [-0.25, -0.2) is 17.3 Å². The molecule has 11 heteroatoms. The van der Waals surface area contributed by atoms with E-state index in [1.54, 1.807) is 24.3 Å². The van der Waals surface area contributed by atoms with Crippen molar-refractivity contribution in [2.75, 3.05) is 5.32 Å². The largest absolute Gasteiger partial charge is 0.332 e. The van der Waals surface area contributed by atoms with Gasteiger partial charge in [0.2, 0.25) is 11.3 Å². The second-order valence-electron chi connectivity index (χ2n) is 7.14. The number of sulfonamides is 1. The van der Waals surface area contributed by atoms with Crippen LogP contribution in [0.2, 0.25) is 0 Å². The van der Waals surface area contributed by atoms with Crippen molar-refractivity contribution < 1.29 is 17.2 Å². The maximum absolute atomic E-state index is 12.7. The Bertz CT molecular complexity index is 1200. The lowest BCUT2D eigenvalue weighted by Gasteiger charge is -2.17. The fourth-order valence-electron chi connectivity index (χ4n) is 3.14. The Hall–Kier alpha value is -2.67. The smallest absolute Gasteiger partial charge is 0.263 e. The molecule has 2 unspecified atom stereocenters. The van der Waals surface area contributed by atoms with Crippen LogP contribution in [-0.2, 0) is 34.3 Å². The van der Waals surface area contributed by atoms with Crippen molar-refractivity contribution in [2.45, 2.75) is 23.9 Å². The van der Waals surface area contributed by atoms with Crippen LogP contribution >= 0.6 is 12.2 Å². The molecular formula is C22H24N4O4S3. The van der Waals surface area contributed by atoms with Crippen molar-refractivity contribution in [1.29, 1.82) is 0 Å². The lowest BCUT2D eigenvalue weighted by molar-refractivity contribution is 0.526. The molecule has 3 aromatic rings. The molecule has 0 saturated heterocycles. The van der Waals surface area contributed by atoms with Crippen molar-refractivity contribution in [3.05, 3.63) is 95.6 Å². The number of anilines is 1. The predicted molar refractivity (Wildman–Crippen MR) is 134 cm³/mol. The van der Waals surface area contributed by atoms with Crippen molar-refractivity contribution in [3.8, 4) is 0 Å². The molecule has 33 heavy (non-hydrogen) atoms. The highest BCUT2D eigenvalue weighted by molar-refractivity contribution is 7.92. The Morgan fingerprint density at radius 2 is 1.58 bits per heavy atom. The Morgan fingerprint density at radius 1 is 0.970 bits per heavy atom. The van der Waals surface area contributed by atoms with Gasteiger partial charge in [0, 0.05) is 12.2 Å². The number of hydrogen-bond donors (Lipinski definition) is 5. The summed E-state index contributed by atoms with van der Waals surface area (Å²) in [5.74, 6) is 0. The molecular weight excluding hydrogens is 480 g/mol. The van der Waals surface area contributed by atoms with Gasteiger partial charge in [0.1, 0.15) is 0 Å². The third kappa shape index (κ3) is 7.42. The van der Waals surface area contributed by atoms with Crippen molar-refractivity contribution in [2.24, 2.45) is 5.73 Å². The summed E-state index contributed by atoms with van der Waals surface area (Å²) in [6.45, 7) is 0.410. The normalized spacial score (nSPS) is 13.2. The molecule has 0 fully saturated rings. The van der Waals surface area contributed by atoms with E-state index in [-0.39, 0.29) is 10.0 Å². The molecule has 0 aromatic heterocycles. The van der Waals surface area contributed by atoms with Crippen LogP contribution in [0.3, 0.4) is 0 Å². The van der Waals surface area contributed by atoms with E-state index in [1.807, 2.05) is 42.5 Å². The van der Waals surface area contributed by atoms with E-state index < -0.39 is 27.3 Å². The monoisotopic (exact) mass is 504 g/mol. The molecule has 174 valence electrons. The molecule has 0 bridgehead atoms. The van der Waals surface area contributed by atoms with E-state index in [0.29, 0.717) is 18.7 Å². The SMILES string of the molecule is NCc1ccc(NC(=S)NS(=O)(=O)c2ccc(CC(NS(=O)O)c3ccccc3)cc2)cc1. The van der Waals surface area contributed by atoms with Gasteiger partial charge in [0.25, 0.3) is 10.0 Å². The van der Waals surface area contributed by atoms with Crippen molar-refractivity contribution in [3.63, 3.8) is 0 Å². The number of nitrogens with one attached hydrogen (secondary N) is 3. The van der Waals surface area contributed by atoms with Gasteiger partial charge in [-0.1, -0.05) is 54.6 Å². The topological polar surface area (TPSA) is 134 Å². The molecule has 0 radical (unpaired) electrons. The van der Waals surface area contributed by atoms with Gasteiger partial charge in [0.15, 0.2) is 5.11 Å². The van der Waals surface area contributed by atoms with Crippen LogP contribution in [0.15, 0.2) is 83.8 Å². The standard InChI is InChI=1S/C22H24N4O4S3/c23-15-17-6-10-19(11-7-17)24-22(31)26-33(29,30)20-12-8-16(9-13-20)14-21(25-32(27)28)18-4-2-1-3-5-18/h1-13,21,25H,14-15,23H2,(H,27,28)(H2,24,26,31). The van der Waals surface area contributed by atoms with Gasteiger partial charge in [0.05, 0.1) is 10.9 Å². The highest BCUT2D eigenvalue weighted by Gasteiger charge is 2.18. The van der Waals surface area contributed by atoms with Gasteiger partial charge in [-0.2, -0.15) is 0 Å². The molecule has 0 spiro atoms. The van der Waals surface area contributed by atoms with E-state index in [1.165, 1.54) is 12.1 Å². The first-order chi connectivity index (χ1) is 15.8. The third-order valence-corrected chi connectivity index (χ3v) is 6.98. The molecule has 2 atom stereocenters. The summed E-state index contributed by atoms with van der Waals surface area (Å²) in [5, 5.41) is 2.78. The Balaban J connectivity index is 1.67. The number of thiocarbonyl (C=S) groups is 1. The van der Waals surface area contributed by atoms with Gasteiger partial charge in [-0.3, -0.25) is 9.27 Å². The lowest BCUT2D eigenvalue weighted by atomic mass is 10.00. The molecule has 0 aliphatic heterocycles. The molecule has 0 aliphatic carbocycles. The molecule has 0 saturated carbocycles. The lowest BCUT2D eigenvalue weighted by Crippen LogP contribution is -2.34. The predicted octanol–water partition coefficient (Wildman–Crippen LogP) is 2.83. The molecule has 3 aromatic carbocycles. The summed E-state index contributed by atoms with van der Waals surface area (Å²) in [5.41, 5.74) is 8.79. The number of rotatable bonds is 9. The minimum absolute atomic E-state index is 0.0452. The van der Waals surface area contributed by atoms with Crippen LogP contribution in [0, 0.1) is 0 Å². The minimum Gasteiger partial charge on any atom is -0.332 e. The Labute approximate surface area is 201 Å². The summed E-state index contributed by atoms with van der Waals surface area (Å²) < 4.78 is 50.9. The summed E-state index contributed by atoms with van der Waals surface area (Å²) in [6, 6.07) is 22.2. The summed E-state index contributed by atoms with van der Waals surface area (Å²) in [6.07, 6.45) is 0.392. The maximum Gasteiger partial charge on any atom is 0.263 e. The average Bonchev–Trinajstić information content (AvgIpc) is 2.79. The summed E-state index contributed by atoms with van der Waals surface area (Å²) >= 11 is 2.94. The molecule has 3 rings (SSSR count). The van der Waals surface area contributed by atoms with Crippen LogP contribution in [0.25, 0.3) is 0 Å². The maximum atomic E-state index is 12.7. The van der Waals surface area contributed by atoms with Crippen LogP contribution in [-0.4, -0.2) is 22.3 Å². The minimum atomic E-state index is -3.89. The highest BCUT2D eigenvalue weighted by atomic mass is 32.2. The zero-order chi connectivity index (χ0) is 23.8. The third-order valence-electron chi connectivity index (χ3n) is 4.79. The number of hydrogen-bond acceptors (Lipinski definition) is 5. The van der Waals surface area contributed by atoms with E-state index in [0.717, 1.165) is 16.7 Å². The Kier molecular flexibility index (Phi) is 8.67. The highest BCUT2D eigenvalue weighted by Crippen LogP contribution is 2.20. The zero-order valence-corrected chi connectivity index (χ0v) is 19.9. The fourth-order valence-corrected chi connectivity index (χ4v) is 4.95. The molecule has 8 nitrogen and oxygen atoms in total. The number of nitrogens with two attached hydrogens (primary N) is 1. The van der Waals surface area contributed by atoms with E-state index >= 15 is 0 Å². The Morgan fingerprint density at radius 3 is 2.15 bits per heavy atom. The summed E-state index contributed by atoms with van der Waals surface area (Å²) in [4.78, 5) is 0.0452. The van der Waals surface area contributed by atoms with Gasteiger partial charge >= 0.3 is 0 Å². The van der Waals surface area contributed by atoms with E-state index in [4.69, 9.17) is 18.0 Å². The van der Waals surface area contributed by atoms with Gasteiger partial charge in [-0.15, -0.1) is 0 Å². The molecule has 0 aliphatic rings. The second-order valence-corrected chi connectivity index (χ2v) is 9.96. The van der Waals surface area contributed by atoms with E-state index in [2.05, 4.69) is 14.8 Å². The van der Waals surface area contributed by atoms with Crippen molar-refractivity contribution in [1.82, 2.24) is 9.44 Å². The zero-order valence-electron chi connectivity index (χ0n) is 17.5. The van der Waals surface area contributed by atoms with Crippen LogP contribution in [0.4, 0.5) is 5.69 Å². The first kappa shape index (κ1) is 25.0. The second kappa shape index (κ2) is 11.5. The van der Waals surface area contributed by atoms with Crippen LogP contribution in [0.1, 0.15) is 22.7 Å². The van der Waals surface area contributed by atoms with E-state index in [9.17, 15) is 17.2 Å². The fraction of sp³-hybridized carbons (Fsp3) is 0.136. The first-order valence-corrected chi connectivity index (χ1v) is 12.9. The number of benzene rings is 3. The van der Waals surface area contributed by atoms with Crippen LogP contribution < -0.4 is 20.5 Å². The van der Waals surface area contributed by atoms with Crippen molar-refractivity contribution >= 4 is 44.3 Å². The molecule has 0 amide bonds. The summed E-state index contributed by atoms with van der Waals surface area (Å²) in [7, 11) is -3.89. The first-order valence-electron chi connectivity index (χ1n) is 9.90. The average molecular weight is 505 g/mol. The molecule has 6 N–H and O–H groups in total. The quantitative estimate of drug-likeness (QED) is 0.223. The molecule has 0 heterocycles.